The fourth-order valence-corrected chi connectivity index (χ4v) is 1.65. The minimum Gasteiger partial charge on any atom is -0.489 e. The molecule has 5 heteroatoms. The van der Waals surface area contributed by atoms with E-state index in [1.165, 1.54) is 12.1 Å². The molecule has 0 radical (unpaired) electrons. The second-order valence-corrected chi connectivity index (χ2v) is 4.23. The summed E-state index contributed by atoms with van der Waals surface area (Å²) in [7, 11) is 0. The molecule has 3 nitrogen and oxygen atoms in total. The van der Waals surface area contributed by atoms with Gasteiger partial charge in [0, 0.05) is 11.6 Å². The predicted molar refractivity (Wildman–Crippen MR) is 71.1 cm³/mol. The number of halogens is 2. The molecule has 0 heterocycles. The molecule has 0 amide bonds. The highest BCUT2D eigenvalue weighted by atomic mass is 19.1. The number of ether oxygens (including phenoxy) is 1. The molecule has 2 aromatic rings. The zero-order valence-corrected chi connectivity index (χ0v) is 10.8. The Bertz CT molecular complexity index is 624. The Morgan fingerprint density at radius 2 is 1.85 bits per heavy atom. The highest BCUT2D eigenvalue weighted by Gasteiger charge is 2.05. The third-order valence-corrected chi connectivity index (χ3v) is 2.83. The minimum atomic E-state index is -0.634. The van der Waals surface area contributed by atoms with Gasteiger partial charge in [-0.05, 0) is 48.9 Å². The first-order valence-corrected chi connectivity index (χ1v) is 5.96. The zero-order valence-electron chi connectivity index (χ0n) is 10.8. The van der Waals surface area contributed by atoms with Crippen LogP contribution in [0.3, 0.4) is 0 Å². The van der Waals surface area contributed by atoms with Crippen LogP contribution in [0.15, 0.2) is 47.6 Å². The monoisotopic (exact) mass is 277 g/mol. The summed E-state index contributed by atoms with van der Waals surface area (Å²) in [5.74, 6) is -0.706. The average molecular weight is 277 g/mol. The van der Waals surface area contributed by atoms with Gasteiger partial charge in [0.1, 0.15) is 24.0 Å². The van der Waals surface area contributed by atoms with Crippen molar-refractivity contribution in [3.05, 3.63) is 65.2 Å². The van der Waals surface area contributed by atoms with Gasteiger partial charge in [0.2, 0.25) is 0 Å². The van der Waals surface area contributed by atoms with Crippen LogP contribution in [0.5, 0.6) is 5.75 Å². The lowest BCUT2D eigenvalue weighted by molar-refractivity contribution is 0.299. The standard InChI is InChI=1S/C15H13F2NO2/c1-10(18-19)11-3-6-14(7-4-11)20-9-12-2-5-13(16)8-15(12)17/h2-8,19H,9H2,1H3. The highest BCUT2D eigenvalue weighted by molar-refractivity contribution is 5.98. The molecule has 0 aliphatic rings. The molecular formula is C15H13F2NO2. The Morgan fingerprint density at radius 1 is 1.15 bits per heavy atom. The highest BCUT2D eigenvalue weighted by Crippen LogP contribution is 2.16. The maximum atomic E-state index is 13.4. The second kappa shape index (κ2) is 6.14. The lowest BCUT2D eigenvalue weighted by Crippen LogP contribution is -2.00. The van der Waals surface area contributed by atoms with E-state index in [-0.39, 0.29) is 12.2 Å². The van der Waals surface area contributed by atoms with Crippen LogP contribution in [0.2, 0.25) is 0 Å². The SMILES string of the molecule is CC(=NO)c1ccc(OCc2ccc(F)cc2F)cc1. The van der Waals surface area contributed by atoms with Crippen molar-refractivity contribution in [1.29, 1.82) is 0 Å². The molecule has 104 valence electrons. The van der Waals surface area contributed by atoms with Gasteiger partial charge in [0.05, 0.1) is 5.71 Å². The molecule has 0 aliphatic carbocycles. The third kappa shape index (κ3) is 3.32. The van der Waals surface area contributed by atoms with Gasteiger partial charge in [-0.2, -0.15) is 0 Å². The summed E-state index contributed by atoms with van der Waals surface area (Å²) < 4.78 is 31.6. The van der Waals surface area contributed by atoms with Crippen LogP contribution in [0.4, 0.5) is 8.78 Å². The predicted octanol–water partition coefficient (Wildman–Crippen LogP) is 3.74. The number of oxime groups is 1. The van der Waals surface area contributed by atoms with Gasteiger partial charge in [-0.3, -0.25) is 0 Å². The van der Waals surface area contributed by atoms with E-state index in [1.807, 2.05) is 0 Å². The van der Waals surface area contributed by atoms with Crippen molar-refractivity contribution in [1.82, 2.24) is 0 Å². The van der Waals surface area contributed by atoms with Crippen molar-refractivity contribution in [2.24, 2.45) is 5.16 Å². The number of hydrogen-bond donors (Lipinski definition) is 1. The normalized spacial score (nSPS) is 11.4. The van der Waals surface area contributed by atoms with E-state index in [1.54, 1.807) is 31.2 Å². The first-order chi connectivity index (χ1) is 9.60. The number of nitrogens with zero attached hydrogens (tertiary/aromatic N) is 1. The molecule has 0 bridgehead atoms. The van der Waals surface area contributed by atoms with Gasteiger partial charge in [-0.25, -0.2) is 8.78 Å². The van der Waals surface area contributed by atoms with E-state index in [4.69, 9.17) is 9.94 Å². The summed E-state index contributed by atoms with van der Waals surface area (Å²) in [5, 5.41) is 11.7. The Kier molecular flexibility index (Phi) is 4.30. The first kappa shape index (κ1) is 14.0. The Balaban J connectivity index is 2.04. The van der Waals surface area contributed by atoms with Crippen molar-refractivity contribution in [2.45, 2.75) is 13.5 Å². The molecule has 0 atom stereocenters. The van der Waals surface area contributed by atoms with Crippen molar-refractivity contribution < 1.29 is 18.7 Å². The lowest BCUT2D eigenvalue weighted by Gasteiger charge is -2.08. The quantitative estimate of drug-likeness (QED) is 0.525. The molecule has 0 spiro atoms. The number of benzene rings is 2. The zero-order chi connectivity index (χ0) is 14.5. The second-order valence-electron chi connectivity index (χ2n) is 4.23. The van der Waals surface area contributed by atoms with E-state index in [2.05, 4.69) is 5.16 Å². The maximum absolute atomic E-state index is 13.4. The Labute approximate surface area is 115 Å². The van der Waals surface area contributed by atoms with Crippen LogP contribution in [0, 0.1) is 11.6 Å². The average Bonchev–Trinajstić information content (AvgIpc) is 2.46. The van der Waals surface area contributed by atoms with E-state index >= 15 is 0 Å². The van der Waals surface area contributed by atoms with Crippen molar-refractivity contribution in [3.63, 3.8) is 0 Å². The molecule has 0 fully saturated rings. The lowest BCUT2D eigenvalue weighted by atomic mass is 10.1. The summed E-state index contributed by atoms with van der Waals surface area (Å²) in [6.07, 6.45) is 0. The Morgan fingerprint density at radius 3 is 2.45 bits per heavy atom. The van der Waals surface area contributed by atoms with Crippen LogP contribution in [0.25, 0.3) is 0 Å². The van der Waals surface area contributed by atoms with Crippen LogP contribution < -0.4 is 4.74 Å². The summed E-state index contributed by atoms with van der Waals surface area (Å²) >= 11 is 0. The molecular weight excluding hydrogens is 264 g/mol. The number of hydrogen-bond acceptors (Lipinski definition) is 3. The van der Waals surface area contributed by atoms with Gasteiger partial charge in [-0.15, -0.1) is 0 Å². The van der Waals surface area contributed by atoms with Crippen molar-refractivity contribution >= 4 is 5.71 Å². The van der Waals surface area contributed by atoms with Crippen molar-refractivity contribution in [3.8, 4) is 5.75 Å². The molecule has 20 heavy (non-hydrogen) atoms. The Hall–Kier alpha value is -2.43. The summed E-state index contributed by atoms with van der Waals surface area (Å²) in [6, 6.07) is 10.2. The van der Waals surface area contributed by atoms with E-state index < -0.39 is 11.6 Å². The van der Waals surface area contributed by atoms with Crippen molar-refractivity contribution in [2.75, 3.05) is 0 Å². The van der Waals surface area contributed by atoms with Crippen LogP contribution >= 0.6 is 0 Å². The molecule has 0 saturated carbocycles. The van der Waals surface area contributed by atoms with E-state index in [0.29, 0.717) is 11.5 Å². The smallest absolute Gasteiger partial charge is 0.132 e. The fourth-order valence-electron chi connectivity index (χ4n) is 1.65. The summed E-state index contributed by atoms with van der Waals surface area (Å²) in [5.41, 5.74) is 1.53. The fraction of sp³-hybridized carbons (Fsp3) is 0.133. The molecule has 1 N–H and O–H groups in total. The van der Waals surface area contributed by atoms with Gasteiger partial charge < -0.3 is 9.94 Å². The van der Waals surface area contributed by atoms with Gasteiger partial charge in [0.25, 0.3) is 0 Å². The minimum absolute atomic E-state index is 0.0124. The topological polar surface area (TPSA) is 41.8 Å². The van der Waals surface area contributed by atoms with Gasteiger partial charge in [-0.1, -0.05) is 5.16 Å². The van der Waals surface area contributed by atoms with Crippen LogP contribution in [-0.2, 0) is 6.61 Å². The molecule has 0 saturated heterocycles. The van der Waals surface area contributed by atoms with Gasteiger partial charge >= 0.3 is 0 Å². The largest absolute Gasteiger partial charge is 0.489 e. The maximum Gasteiger partial charge on any atom is 0.132 e. The molecule has 0 unspecified atom stereocenters. The van der Waals surface area contributed by atoms with E-state index in [0.717, 1.165) is 11.6 Å². The third-order valence-electron chi connectivity index (χ3n) is 2.83. The molecule has 2 rings (SSSR count). The molecule has 0 aromatic heterocycles. The summed E-state index contributed by atoms with van der Waals surface area (Å²) in [6.45, 7) is 1.68. The van der Waals surface area contributed by atoms with Gasteiger partial charge in [0.15, 0.2) is 0 Å². The van der Waals surface area contributed by atoms with Crippen LogP contribution in [-0.4, -0.2) is 10.9 Å². The van der Waals surface area contributed by atoms with E-state index in [9.17, 15) is 8.78 Å². The summed E-state index contributed by atoms with van der Waals surface area (Å²) in [4.78, 5) is 0. The first-order valence-electron chi connectivity index (χ1n) is 5.96. The molecule has 2 aromatic carbocycles. The molecule has 0 aliphatic heterocycles. The van der Waals surface area contributed by atoms with Crippen LogP contribution in [0.1, 0.15) is 18.1 Å². The number of rotatable bonds is 4.